The molecule has 0 saturated heterocycles. The van der Waals surface area contributed by atoms with Crippen molar-refractivity contribution < 1.29 is 27.1 Å². The smallest absolute Gasteiger partial charge is 0.327 e. The highest BCUT2D eigenvalue weighted by Gasteiger charge is 2.67. The lowest BCUT2D eigenvalue weighted by atomic mass is 10.1. The van der Waals surface area contributed by atoms with Gasteiger partial charge < -0.3 is 4.74 Å². The Morgan fingerprint density at radius 3 is 2.85 bits per heavy atom. The fraction of sp³-hybridized carbons (Fsp3) is 0.667. The number of carbonyl (C=O) groups is 1. The summed E-state index contributed by atoms with van der Waals surface area (Å²) in [5, 5.41) is 3.51. The third-order valence-corrected chi connectivity index (χ3v) is 3.75. The average molecular weight is 292 g/mol. The molecule has 0 amide bonds. The maximum absolute atomic E-state index is 14.1. The highest BCUT2D eigenvalue weighted by molar-refractivity contribution is 5.69. The lowest BCUT2D eigenvalue weighted by Gasteiger charge is -2.14. The third kappa shape index (κ3) is 1.73. The molecule has 2 aliphatic carbocycles. The van der Waals surface area contributed by atoms with E-state index in [4.69, 9.17) is 0 Å². The highest BCUT2D eigenvalue weighted by atomic mass is 19.3. The zero-order valence-electron chi connectivity index (χ0n) is 10.6. The van der Waals surface area contributed by atoms with E-state index in [1.54, 1.807) is 6.92 Å². The second-order valence-corrected chi connectivity index (χ2v) is 4.98. The van der Waals surface area contributed by atoms with Gasteiger partial charge in [-0.3, -0.25) is 9.48 Å². The number of nitrogens with zero attached hydrogens (tertiary/aromatic N) is 2. The molecular weight excluding hydrogens is 280 g/mol. The van der Waals surface area contributed by atoms with Crippen LogP contribution < -0.4 is 0 Å². The lowest BCUT2D eigenvalue weighted by Crippen LogP contribution is -2.23. The van der Waals surface area contributed by atoms with Gasteiger partial charge in [0.05, 0.1) is 6.61 Å². The van der Waals surface area contributed by atoms with E-state index in [2.05, 4.69) is 9.84 Å². The topological polar surface area (TPSA) is 44.1 Å². The molecule has 0 unspecified atom stereocenters. The number of ether oxygens (including phenoxy) is 1. The summed E-state index contributed by atoms with van der Waals surface area (Å²) in [6.07, 6.45) is -2.73. The van der Waals surface area contributed by atoms with E-state index in [1.165, 1.54) is 0 Å². The van der Waals surface area contributed by atoms with Gasteiger partial charge in [-0.05, 0) is 19.3 Å². The van der Waals surface area contributed by atoms with Crippen LogP contribution in [-0.4, -0.2) is 22.4 Å². The number of hydrogen-bond donors (Lipinski definition) is 0. The molecule has 0 spiro atoms. The Morgan fingerprint density at radius 2 is 2.25 bits per heavy atom. The molecule has 110 valence electrons. The first kappa shape index (κ1) is 13.4. The van der Waals surface area contributed by atoms with Crippen molar-refractivity contribution in [2.24, 2.45) is 5.92 Å². The van der Waals surface area contributed by atoms with Gasteiger partial charge in [0.1, 0.15) is 17.9 Å². The molecule has 2 aliphatic rings. The van der Waals surface area contributed by atoms with E-state index in [-0.39, 0.29) is 18.6 Å². The predicted octanol–water partition coefficient (Wildman–Crippen LogP) is 2.59. The number of halogens is 4. The molecule has 20 heavy (non-hydrogen) atoms. The summed E-state index contributed by atoms with van der Waals surface area (Å²) in [6.45, 7) is 1.09. The maximum Gasteiger partial charge on any atom is 0.327 e. The molecule has 8 heteroatoms. The minimum atomic E-state index is -3.20. The molecule has 0 N–H and O–H groups in total. The van der Waals surface area contributed by atoms with Crippen LogP contribution in [0.15, 0.2) is 0 Å². The first-order chi connectivity index (χ1) is 9.37. The third-order valence-electron chi connectivity index (χ3n) is 3.75. The minimum Gasteiger partial charge on any atom is -0.465 e. The van der Waals surface area contributed by atoms with Gasteiger partial charge in [-0.15, -0.1) is 0 Å². The molecule has 0 radical (unpaired) electrons. The Balaban J connectivity index is 2.02. The van der Waals surface area contributed by atoms with Gasteiger partial charge in [0.2, 0.25) is 0 Å². The van der Waals surface area contributed by atoms with Crippen LogP contribution in [0.5, 0.6) is 0 Å². The summed E-state index contributed by atoms with van der Waals surface area (Å²) in [5.74, 6) is -5.46. The average Bonchev–Trinajstić information content (AvgIpc) is 3.00. The van der Waals surface area contributed by atoms with Gasteiger partial charge in [-0.25, -0.2) is 8.78 Å². The number of alkyl halides is 4. The van der Waals surface area contributed by atoms with Crippen LogP contribution in [0.25, 0.3) is 0 Å². The normalized spacial score (nSPS) is 25.5. The SMILES string of the molecule is CCOC(=O)Cn1nc(C(F)F)c2c1C(F)(F)[C@@H]1C[C@H]21. The van der Waals surface area contributed by atoms with Crippen LogP contribution in [0, 0.1) is 5.92 Å². The van der Waals surface area contributed by atoms with Crippen molar-refractivity contribution in [1.82, 2.24) is 9.78 Å². The molecule has 0 bridgehead atoms. The zero-order valence-corrected chi connectivity index (χ0v) is 10.6. The number of aromatic nitrogens is 2. The van der Waals surface area contributed by atoms with E-state index in [1.807, 2.05) is 0 Å². The summed E-state index contributed by atoms with van der Waals surface area (Å²) in [5.41, 5.74) is -1.24. The summed E-state index contributed by atoms with van der Waals surface area (Å²) in [6, 6.07) is 0. The molecule has 3 rings (SSSR count). The van der Waals surface area contributed by atoms with Crippen molar-refractivity contribution in [2.45, 2.75) is 38.2 Å². The van der Waals surface area contributed by atoms with Gasteiger partial charge in [0.15, 0.2) is 0 Å². The summed E-state index contributed by atoms with van der Waals surface area (Å²) >= 11 is 0. The summed E-state index contributed by atoms with van der Waals surface area (Å²) in [7, 11) is 0. The molecule has 0 aliphatic heterocycles. The Labute approximate surface area is 111 Å². The lowest BCUT2D eigenvalue weighted by molar-refractivity contribution is -0.144. The maximum atomic E-state index is 14.1. The Bertz CT molecular complexity index is 570. The Kier molecular flexibility index (Phi) is 2.81. The second-order valence-electron chi connectivity index (χ2n) is 4.98. The van der Waals surface area contributed by atoms with Gasteiger partial charge >= 0.3 is 5.97 Å². The second kappa shape index (κ2) is 4.20. The summed E-state index contributed by atoms with van der Waals surface area (Å²) in [4.78, 5) is 11.4. The molecule has 0 aromatic carbocycles. The monoisotopic (exact) mass is 292 g/mol. The van der Waals surface area contributed by atoms with Crippen LogP contribution in [0.2, 0.25) is 0 Å². The summed E-state index contributed by atoms with van der Waals surface area (Å²) < 4.78 is 59.4. The minimum absolute atomic E-state index is 0.0701. The van der Waals surface area contributed by atoms with Crippen LogP contribution in [-0.2, 0) is 22.0 Å². The van der Waals surface area contributed by atoms with Gasteiger partial charge in [0, 0.05) is 11.5 Å². The molecule has 2 atom stereocenters. The number of rotatable bonds is 4. The predicted molar refractivity (Wildman–Crippen MR) is 58.6 cm³/mol. The highest BCUT2D eigenvalue weighted by Crippen LogP contribution is 2.68. The fourth-order valence-electron chi connectivity index (χ4n) is 2.91. The van der Waals surface area contributed by atoms with Gasteiger partial charge in [-0.1, -0.05) is 0 Å². The van der Waals surface area contributed by atoms with E-state index in [0.717, 1.165) is 0 Å². The first-order valence-electron chi connectivity index (χ1n) is 6.30. The zero-order chi connectivity index (χ0) is 14.7. The van der Waals surface area contributed by atoms with E-state index < -0.39 is 48.1 Å². The molecule has 1 saturated carbocycles. The first-order valence-corrected chi connectivity index (χ1v) is 6.30. The van der Waals surface area contributed by atoms with Crippen molar-refractivity contribution in [3.8, 4) is 0 Å². The number of fused-ring (bicyclic) bond motifs is 3. The van der Waals surface area contributed by atoms with Gasteiger partial charge in [0.25, 0.3) is 12.3 Å². The standard InChI is InChI=1S/C12H12F4N2O2/c1-2-20-7(19)4-18-10-8(9(17-18)11(13)14)5-3-6(5)12(10,15)16/h5-6,11H,2-4H2,1H3/t5-,6+/m0/s1. The number of hydrogen-bond acceptors (Lipinski definition) is 3. The molecule has 1 aromatic heterocycles. The molecule has 1 fully saturated rings. The van der Waals surface area contributed by atoms with Crippen LogP contribution in [0.3, 0.4) is 0 Å². The van der Waals surface area contributed by atoms with Crippen molar-refractivity contribution >= 4 is 5.97 Å². The molecule has 1 heterocycles. The number of carbonyl (C=O) groups excluding carboxylic acids is 1. The molecule has 4 nitrogen and oxygen atoms in total. The van der Waals surface area contributed by atoms with Crippen LogP contribution in [0.1, 0.15) is 42.6 Å². The van der Waals surface area contributed by atoms with Crippen molar-refractivity contribution in [3.05, 3.63) is 17.0 Å². The van der Waals surface area contributed by atoms with Crippen LogP contribution in [0.4, 0.5) is 17.6 Å². The molecular formula is C12H12F4N2O2. The van der Waals surface area contributed by atoms with Crippen molar-refractivity contribution in [2.75, 3.05) is 6.61 Å². The Morgan fingerprint density at radius 1 is 1.55 bits per heavy atom. The largest absolute Gasteiger partial charge is 0.465 e. The molecule has 1 aromatic rings. The fourth-order valence-corrected chi connectivity index (χ4v) is 2.91. The van der Waals surface area contributed by atoms with Crippen molar-refractivity contribution in [1.29, 1.82) is 0 Å². The Hall–Kier alpha value is -1.60. The van der Waals surface area contributed by atoms with Crippen molar-refractivity contribution in [3.63, 3.8) is 0 Å². The van der Waals surface area contributed by atoms with E-state index >= 15 is 0 Å². The quantitative estimate of drug-likeness (QED) is 0.633. The number of esters is 1. The van der Waals surface area contributed by atoms with E-state index in [0.29, 0.717) is 4.68 Å². The van der Waals surface area contributed by atoms with E-state index in [9.17, 15) is 22.4 Å². The van der Waals surface area contributed by atoms with Crippen LogP contribution >= 0.6 is 0 Å². The van der Waals surface area contributed by atoms with Gasteiger partial charge in [-0.2, -0.15) is 13.9 Å².